The lowest BCUT2D eigenvalue weighted by Gasteiger charge is -2.27. The number of halogens is 2. The number of benzene rings is 2. The van der Waals surface area contributed by atoms with Crippen molar-refractivity contribution in [2.45, 2.75) is 25.3 Å². The molecule has 1 aliphatic rings. The Morgan fingerprint density at radius 1 is 1.05 bits per heavy atom. The normalized spacial score (nSPS) is 17.3. The Morgan fingerprint density at radius 2 is 1.76 bits per heavy atom. The third-order valence-corrected chi connectivity index (χ3v) is 4.37. The van der Waals surface area contributed by atoms with Crippen molar-refractivity contribution >= 4 is 28.9 Å². The number of phenolic OH excluding ortho intramolecular Hbond substituents is 2. The zero-order valence-corrected chi connectivity index (χ0v) is 12.7. The number of phenols is 2. The Labute approximate surface area is 133 Å². The van der Waals surface area contributed by atoms with Crippen LogP contribution < -0.4 is 5.32 Å². The molecule has 2 aromatic carbocycles. The molecule has 21 heavy (non-hydrogen) atoms. The highest BCUT2D eigenvalue weighted by Gasteiger charge is 2.21. The highest BCUT2D eigenvalue weighted by Crippen LogP contribution is 2.38. The van der Waals surface area contributed by atoms with Crippen LogP contribution >= 0.6 is 23.2 Å². The molecule has 0 bridgehead atoms. The maximum atomic E-state index is 9.61. The highest BCUT2D eigenvalue weighted by atomic mass is 35.5. The number of nitrogens with one attached hydrogen (secondary N) is 1. The van der Waals surface area contributed by atoms with Gasteiger partial charge in [0, 0.05) is 5.69 Å². The Hall–Kier alpha value is -1.58. The lowest BCUT2D eigenvalue weighted by molar-refractivity contribution is 0.472. The molecule has 0 aliphatic heterocycles. The summed E-state index contributed by atoms with van der Waals surface area (Å²) in [6, 6.07) is 8.95. The van der Waals surface area contributed by atoms with E-state index >= 15 is 0 Å². The average molecular weight is 324 g/mol. The first-order valence-corrected chi connectivity index (χ1v) is 7.56. The second-order valence-corrected chi connectivity index (χ2v) is 6.08. The van der Waals surface area contributed by atoms with Gasteiger partial charge in [0.05, 0.1) is 16.1 Å². The molecule has 0 amide bonds. The van der Waals surface area contributed by atoms with Gasteiger partial charge in [-0.15, -0.1) is 0 Å². The molecule has 0 aromatic heterocycles. The van der Waals surface area contributed by atoms with Crippen molar-refractivity contribution in [1.82, 2.24) is 0 Å². The van der Waals surface area contributed by atoms with Crippen molar-refractivity contribution in [2.24, 2.45) is 0 Å². The highest BCUT2D eigenvalue weighted by molar-refractivity contribution is 6.37. The lowest BCUT2D eigenvalue weighted by atomic mass is 9.87. The summed E-state index contributed by atoms with van der Waals surface area (Å²) in [6.07, 6.45) is 3.01. The fourth-order valence-electron chi connectivity index (χ4n) is 2.80. The summed E-state index contributed by atoms with van der Waals surface area (Å²) in [4.78, 5) is 0. The molecule has 1 unspecified atom stereocenters. The summed E-state index contributed by atoms with van der Waals surface area (Å²) in [7, 11) is 0. The number of hydrogen-bond acceptors (Lipinski definition) is 3. The first-order valence-electron chi connectivity index (χ1n) is 6.81. The number of hydrogen-bond donors (Lipinski definition) is 3. The SMILES string of the molecule is Oc1ccc2c(c1)CCCC2Nc1cc(Cl)c(O)c(Cl)c1. The molecule has 0 fully saturated rings. The maximum absolute atomic E-state index is 9.61. The van der Waals surface area contributed by atoms with Crippen LogP contribution in [0.5, 0.6) is 11.5 Å². The molecule has 0 saturated carbocycles. The van der Waals surface area contributed by atoms with E-state index in [1.165, 1.54) is 5.56 Å². The van der Waals surface area contributed by atoms with Gasteiger partial charge in [-0.3, -0.25) is 0 Å². The molecule has 3 rings (SSSR count). The summed E-state index contributed by atoms with van der Waals surface area (Å²) < 4.78 is 0. The molecule has 0 saturated heterocycles. The summed E-state index contributed by atoms with van der Waals surface area (Å²) in [5, 5.41) is 23.1. The molecule has 0 spiro atoms. The van der Waals surface area contributed by atoms with Crippen LogP contribution in [0.2, 0.25) is 10.0 Å². The third-order valence-electron chi connectivity index (χ3n) is 3.80. The van der Waals surface area contributed by atoms with E-state index in [0.717, 1.165) is 30.5 Å². The van der Waals surface area contributed by atoms with Crippen LogP contribution in [0.15, 0.2) is 30.3 Å². The fraction of sp³-hybridized carbons (Fsp3) is 0.250. The van der Waals surface area contributed by atoms with E-state index < -0.39 is 0 Å². The third kappa shape index (κ3) is 2.89. The van der Waals surface area contributed by atoms with Gasteiger partial charge in [0.25, 0.3) is 0 Å². The summed E-state index contributed by atoms with van der Waals surface area (Å²) in [6.45, 7) is 0. The lowest BCUT2D eigenvalue weighted by Crippen LogP contribution is -2.17. The first kappa shape index (κ1) is 14.4. The van der Waals surface area contributed by atoms with Crippen LogP contribution in [-0.4, -0.2) is 10.2 Å². The molecule has 1 atom stereocenters. The van der Waals surface area contributed by atoms with Gasteiger partial charge in [-0.2, -0.15) is 0 Å². The first-order chi connectivity index (χ1) is 10.0. The Morgan fingerprint density at radius 3 is 2.48 bits per heavy atom. The van der Waals surface area contributed by atoms with E-state index in [1.54, 1.807) is 18.2 Å². The fourth-order valence-corrected chi connectivity index (χ4v) is 3.29. The molecule has 1 aliphatic carbocycles. The van der Waals surface area contributed by atoms with E-state index in [-0.39, 0.29) is 21.8 Å². The van der Waals surface area contributed by atoms with Crippen molar-refractivity contribution in [3.8, 4) is 11.5 Å². The number of fused-ring (bicyclic) bond motifs is 1. The van der Waals surface area contributed by atoms with Gasteiger partial charge >= 0.3 is 0 Å². The molecule has 110 valence electrons. The van der Waals surface area contributed by atoms with Crippen molar-refractivity contribution in [1.29, 1.82) is 0 Å². The minimum Gasteiger partial charge on any atom is -0.508 e. The number of aromatic hydroxyl groups is 2. The largest absolute Gasteiger partial charge is 0.508 e. The second-order valence-electron chi connectivity index (χ2n) is 5.26. The second kappa shape index (κ2) is 5.66. The molecular formula is C16H15Cl2NO2. The van der Waals surface area contributed by atoms with Gasteiger partial charge in [0.1, 0.15) is 5.75 Å². The topological polar surface area (TPSA) is 52.5 Å². The van der Waals surface area contributed by atoms with Crippen molar-refractivity contribution in [2.75, 3.05) is 5.32 Å². The quantitative estimate of drug-likeness (QED) is 0.689. The molecular weight excluding hydrogens is 309 g/mol. The molecule has 5 heteroatoms. The molecule has 3 nitrogen and oxygen atoms in total. The van der Waals surface area contributed by atoms with E-state index in [4.69, 9.17) is 23.2 Å². The number of rotatable bonds is 2. The smallest absolute Gasteiger partial charge is 0.152 e. The van der Waals surface area contributed by atoms with Gasteiger partial charge in [-0.05, 0) is 54.7 Å². The van der Waals surface area contributed by atoms with Gasteiger partial charge in [0.2, 0.25) is 0 Å². The van der Waals surface area contributed by atoms with Gasteiger partial charge in [-0.25, -0.2) is 0 Å². The van der Waals surface area contributed by atoms with E-state index in [0.29, 0.717) is 5.75 Å². The zero-order chi connectivity index (χ0) is 15.0. The predicted molar refractivity (Wildman–Crippen MR) is 85.5 cm³/mol. The summed E-state index contributed by atoms with van der Waals surface area (Å²) >= 11 is 11.9. The van der Waals surface area contributed by atoms with Crippen LogP contribution in [0.4, 0.5) is 5.69 Å². The Bertz CT molecular complexity index is 665. The monoisotopic (exact) mass is 323 g/mol. The van der Waals surface area contributed by atoms with E-state index in [2.05, 4.69) is 5.32 Å². The molecule has 0 radical (unpaired) electrons. The van der Waals surface area contributed by atoms with Crippen LogP contribution in [0, 0.1) is 0 Å². The minimum atomic E-state index is -0.0992. The molecule has 0 heterocycles. The zero-order valence-electron chi connectivity index (χ0n) is 11.2. The number of anilines is 1. The van der Waals surface area contributed by atoms with Gasteiger partial charge < -0.3 is 15.5 Å². The van der Waals surface area contributed by atoms with Gasteiger partial charge in [0.15, 0.2) is 5.75 Å². The van der Waals surface area contributed by atoms with Crippen molar-refractivity contribution in [3.05, 3.63) is 51.5 Å². The Balaban J connectivity index is 1.90. The summed E-state index contributed by atoms with van der Waals surface area (Å²) in [5.74, 6) is 0.197. The van der Waals surface area contributed by atoms with Crippen molar-refractivity contribution < 1.29 is 10.2 Å². The Kier molecular flexibility index (Phi) is 3.87. The van der Waals surface area contributed by atoms with Crippen LogP contribution in [0.3, 0.4) is 0 Å². The minimum absolute atomic E-state index is 0.0992. The predicted octanol–water partition coefficient (Wildman–Crippen LogP) is 4.89. The maximum Gasteiger partial charge on any atom is 0.152 e. The summed E-state index contributed by atoms with van der Waals surface area (Å²) in [5.41, 5.74) is 3.11. The van der Waals surface area contributed by atoms with Crippen LogP contribution in [-0.2, 0) is 6.42 Å². The average Bonchev–Trinajstić information content (AvgIpc) is 2.44. The number of aryl methyl sites for hydroxylation is 1. The molecule has 3 N–H and O–H groups in total. The van der Waals surface area contributed by atoms with E-state index in [1.807, 2.05) is 12.1 Å². The van der Waals surface area contributed by atoms with E-state index in [9.17, 15) is 10.2 Å². The van der Waals surface area contributed by atoms with Crippen LogP contribution in [0.25, 0.3) is 0 Å². The van der Waals surface area contributed by atoms with Gasteiger partial charge in [-0.1, -0.05) is 29.3 Å². The standard InChI is InChI=1S/C16H15Cl2NO2/c17-13-7-10(8-14(18)16(13)21)19-15-3-1-2-9-6-11(20)4-5-12(9)15/h4-8,15,19-21H,1-3H2. The van der Waals surface area contributed by atoms with Crippen LogP contribution in [0.1, 0.15) is 30.0 Å². The molecule has 2 aromatic rings. The van der Waals surface area contributed by atoms with Crippen molar-refractivity contribution in [3.63, 3.8) is 0 Å².